The number of aryl methyl sites for hydroxylation is 1. The normalized spacial score (nSPS) is 10.9. The van der Waals surface area contributed by atoms with Crippen LogP contribution in [0.2, 0.25) is 0 Å². The molecule has 1 heterocycles. The van der Waals surface area contributed by atoms with Gasteiger partial charge in [0, 0.05) is 12.3 Å². The molecule has 0 spiro atoms. The number of esters is 1. The summed E-state index contributed by atoms with van der Waals surface area (Å²) in [5.74, 6) is 0.231. The molecule has 108 valence electrons. The topological polar surface area (TPSA) is 64.2 Å². The van der Waals surface area contributed by atoms with Crippen molar-refractivity contribution in [3.8, 4) is 0 Å². The zero-order valence-electron chi connectivity index (χ0n) is 12.1. The maximum absolute atomic E-state index is 11.6. The predicted molar refractivity (Wildman–Crippen MR) is 73.1 cm³/mol. The fourth-order valence-electron chi connectivity index (χ4n) is 1.55. The van der Waals surface area contributed by atoms with E-state index in [1.54, 1.807) is 6.07 Å². The van der Waals surface area contributed by atoms with Gasteiger partial charge in [-0.1, -0.05) is 27.2 Å². The minimum absolute atomic E-state index is 0.271. The zero-order chi connectivity index (χ0) is 14.1. The van der Waals surface area contributed by atoms with E-state index in [-0.39, 0.29) is 6.61 Å². The maximum Gasteiger partial charge on any atom is 0.358 e. The molecule has 19 heavy (non-hydrogen) atoms. The number of ether oxygens (including phenoxy) is 2. The molecule has 0 saturated heterocycles. The highest BCUT2D eigenvalue weighted by Gasteiger charge is 2.11. The van der Waals surface area contributed by atoms with Crippen LogP contribution in [0.5, 0.6) is 0 Å². The Hall–Kier alpha value is -1.36. The molecule has 0 aliphatic carbocycles. The summed E-state index contributed by atoms with van der Waals surface area (Å²) in [5.41, 5.74) is 1.30. The molecule has 1 aromatic heterocycles. The third-order valence-corrected chi connectivity index (χ3v) is 2.66. The van der Waals surface area contributed by atoms with Crippen molar-refractivity contribution < 1.29 is 14.3 Å². The summed E-state index contributed by atoms with van der Waals surface area (Å²) in [6, 6.07) is 1.74. The van der Waals surface area contributed by atoms with Crippen LogP contribution >= 0.6 is 0 Å². The molecule has 0 bridgehead atoms. The van der Waals surface area contributed by atoms with Crippen LogP contribution in [0, 0.1) is 5.92 Å². The Morgan fingerprint density at radius 2 is 2.16 bits per heavy atom. The fraction of sp³-hybridized carbons (Fsp3) is 0.714. The van der Waals surface area contributed by atoms with Gasteiger partial charge in [0.25, 0.3) is 0 Å². The van der Waals surface area contributed by atoms with Crippen molar-refractivity contribution in [2.24, 2.45) is 5.92 Å². The van der Waals surface area contributed by atoms with Crippen molar-refractivity contribution in [3.05, 3.63) is 17.5 Å². The number of H-pyrrole nitrogens is 1. The summed E-state index contributed by atoms with van der Waals surface area (Å²) in [5, 5.41) is 6.76. The van der Waals surface area contributed by atoms with Gasteiger partial charge in [0.15, 0.2) is 5.69 Å². The van der Waals surface area contributed by atoms with Crippen LogP contribution in [0.1, 0.15) is 49.8 Å². The summed E-state index contributed by atoms with van der Waals surface area (Å²) >= 11 is 0. The number of nitrogens with one attached hydrogen (secondary N) is 1. The molecule has 0 aliphatic heterocycles. The molecule has 5 heteroatoms. The van der Waals surface area contributed by atoms with Gasteiger partial charge in [-0.25, -0.2) is 4.79 Å². The monoisotopic (exact) mass is 268 g/mol. The first-order valence-corrected chi connectivity index (χ1v) is 6.92. The summed E-state index contributed by atoms with van der Waals surface area (Å²) in [6.45, 7) is 7.78. The number of nitrogens with zero attached hydrogens (tertiary/aromatic N) is 1. The number of aromatic nitrogens is 2. The molecule has 0 amide bonds. The second-order valence-electron chi connectivity index (χ2n) is 4.96. The van der Waals surface area contributed by atoms with Crippen LogP contribution in [-0.4, -0.2) is 36.0 Å². The standard InChI is InChI=1S/C14H24N2O3/c1-4-5-12-10-13(16-15-12)14(17)19-9-8-18-7-6-11(2)3/h10-11H,4-9H2,1-3H3,(H,15,16). The predicted octanol–water partition coefficient (Wildman–Crippen LogP) is 2.58. The molecule has 5 nitrogen and oxygen atoms in total. The van der Waals surface area contributed by atoms with Gasteiger partial charge in [-0.05, 0) is 24.8 Å². The molecule has 0 unspecified atom stereocenters. The second-order valence-corrected chi connectivity index (χ2v) is 4.96. The molecule has 0 saturated carbocycles. The quantitative estimate of drug-likeness (QED) is 0.552. The van der Waals surface area contributed by atoms with Gasteiger partial charge in [0.2, 0.25) is 0 Å². The van der Waals surface area contributed by atoms with Gasteiger partial charge < -0.3 is 9.47 Å². The van der Waals surface area contributed by atoms with E-state index in [0.29, 0.717) is 24.8 Å². The lowest BCUT2D eigenvalue weighted by molar-refractivity contribution is 0.0297. The number of carbonyl (C=O) groups is 1. The minimum Gasteiger partial charge on any atom is -0.458 e. The Morgan fingerprint density at radius 3 is 2.84 bits per heavy atom. The van der Waals surface area contributed by atoms with Crippen LogP contribution in [0.15, 0.2) is 6.07 Å². The maximum atomic E-state index is 11.6. The Labute approximate surface area is 114 Å². The van der Waals surface area contributed by atoms with Gasteiger partial charge >= 0.3 is 5.97 Å². The van der Waals surface area contributed by atoms with Gasteiger partial charge in [-0.15, -0.1) is 0 Å². The Morgan fingerprint density at radius 1 is 1.37 bits per heavy atom. The van der Waals surface area contributed by atoms with E-state index in [1.807, 2.05) is 0 Å². The Balaban J connectivity index is 2.16. The lowest BCUT2D eigenvalue weighted by Crippen LogP contribution is -2.12. The van der Waals surface area contributed by atoms with E-state index in [9.17, 15) is 4.79 Å². The summed E-state index contributed by atoms with van der Waals surface area (Å²) in [4.78, 5) is 11.6. The highest BCUT2D eigenvalue weighted by atomic mass is 16.6. The van der Waals surface area contributed by atoms with Crippen LogP contribution in [0.4, 0.5) is 0 Å². The molecule has 0 aromatic carbocycles. The van der Waals surface area contributed by atoms with E-state index < -0.39 is 5.97 Å². The number of carbonyl (C=O) groups excluding carboxylic acids is 1. The Bertz CT molecular complexity index is 375. The van der Waals surface area contributed by atoms with Gasteiger partial charge in [0.1, 0.15) is 6.61 Å². The number of aromatic amines is 1. The minimum atomic E-state index is -0.397. The third-order valence-electron chi connectivity index (χ3n) is 2.66. The van der Waals surface area contributed by atoms with Crippen molar-refractivity contribution in [3.63, 3.8) is 0 Å². The highest BCUT2D eigenvalue weighted by molar-refractivity contribution is 5.87. The summed E-state index contributed by atoms with van der Waals surface area (Å²) < 4.78 is 10.4. The molecule has 1 rings (SSSR count). The molecule has 0 radical (unpaired) electrons. The number of hydrogen-bond donors (Lipinski definition) is 1. The van der Waals surface area contributed by atoms with Crippen LogP contribution in [-0.2, 0) is 15.9 Å². The molecular weight excluding hydrogens is 244 g/mol. The first-order chi connectivity index (χ1) is 9.13. The lowest BCUT2D eigenvalue weighted by Gasteiger charge is -2.06. The van der Waals surface area contributed by atoms with Crippen molar-refractivity contribution >= 4 is 5.97 Å². The van der Waals surface area contributed by atoms with E-state index in [1.165, 1.54) is 0 Å². The van der Waals surface area contributed by atoms with Gasteiger partial charge in [-0.3, -0.25) is 5.10 Å². The summed E-state index contributed by atoms with van der Waals surface area (Å²) in [7, 11) is 0. The lowest BCUT2D eigenvalue weighted by atomic mass is 10.1. The molecule has 1 aromatic rings. The molecule has 1 N–H and O–H groups in total. The van der Waals surface area contributed by atoms with Crippen molar-refractivity contribution in [2.45, 2.75) is 40.0 Å². The largest absolute Gasteiger partial charge is 0.458 e. The van der Waals surface area contributed by atoms with E-state index in [0.717, 1.165) is 25.0 Å². The average Bonchev–Trinajstić information content (AvgIpc) is 2.82. The third kappa shape index (κ3) is 6.38. The van der Waals surface area contributed by atoms with E-state index in [2.05, 4.69) is 31.0 Å². The van der Waals surface area contributed by atoms with Crippen molar-refractivity contribution in [1.82, 2.24) is 10.2 Å². The smallest absolute Gasteiger partial charge is 0.358 e. The van der Waals surface area contributed by atoms with Crippen LogP contribution < -0.4 is 0 Å². The van der Waals surface area contributed by atoms with Crippen molar-refractivity contribution in [1.29, 1.82) is 0 Å². The van der Waals surface area contributed by atoms with Crippen molar-refractivity contribution in [2.75, 3.05) is 19.8 Å². The van der Waals surface area contributed by atoms with Gasteiger partial charge in [0.05, 0.1) is 6.61 Å². The highest BCUT2D eigenvalue weighted by Crippen LogP contribution is 2.04. The second kappa shape index (κ2) is 8.69. The molecule has 0 fully saturated rings. The van der Waals surface area contributed by atoms with Crippen LogP contribution in [0.25, 0.3) is 0 Å². The number of rotatable bonds is 9. The Kier molecular flexibility index (Phi) is 7.18. The van der Waals surface area contributed by atoms with Crippen LogP contribution in [0.3, 0.4) is 0 Å². The van der Waals surface area contributed by atoms with E-state index in [4.69, 9.17) is 9.47 Å². The zero-order valence-corrected chi connectivity index (χ0v) is 12.1. The average molecular weight is 268 g/mol. The van der Waals surface area contributed by atoms with Gasteiger partial charge in [-0.2, -0.15) is 5.10 Å². The number of hydrogen-bond acceptors (Lipinski definition) is 4. The molecule has 0 aliphatic rings. The first-order valence-electron chi connectivity index (χ1n) is 6.92. The van der Waals surface area contributed by atoms with E-state index >= 15 is 0 Å². The fourth-order valence-corrected chi connectivity index (χ4v) is 1.55. The molecule has 0 atom stereocenters. The first kappa shape index (κ1) is 15.7. The summed E-state index contributed by atoms with van der Waals surface area (Å²) in [6.07, 6.45) is 2.92. The SMILES string of the molecule is CCCc1cc(C(=O)OCCOCCC(C)C)n[nH]1. The molecular formula is C14H24N2O3.